The molecule has 2 rings (SSSR count). The molecule has 0 atom stereocenters. The molecule has 0 fully saturated rings. The number of benzene rings is 1. The largest absolute Gasteiger partial charge is 0.435 e. The highest BCUT2D eigenvalue weighted by molar-refractivity contribution is 6.32. The summed E-state index contributed by atoms with van der Waals surface area (Å²) < 4.78 is 5.48. The Balaban J connectivity index is 2.38. The topological polar surface area (TPSA) is 58.8 Å². The molecular weight excluding hydrogens is 238 g/mol. The summed E-state index contributed by atoms with van der Waals surface area (Å²) in [6.07, 6.45) is 1.43. The highest BCUT2D eigenvalue weighted by Gasteiger charge is 2.09. The van der Waals surface area contributed by atoms with Gasteiger partial charge in [-0.1, -0.05) is 17.7 Å². The van der Waals surface area contributed by atoms with E-state index in [0.29, 0.717) is 16.3 Å². The van der Waals surface area contributed by atoms with E-state index in [9.17, 15) is 0 Å². The van der Waals surface area contributed by atoms with Crippen LogP contribution in [-0.4, -0.2) is 10.2 Å². The summed E-state index contributed by atoms with van der Waals surface area (Å²) >= 11 is 5.99. The van der Waals surface area contributed by atoms with Crippen LogP contribution in [0.1, 0.15) is 11.1 Å². The Labute approximate surface area is 103 Å². The second kappa shape index (κ2) is 4.81. The first-order chi connectivity index (χ1) is 8.20. The molecule has 0 saturated heterocycles. The van der Waals surface area contributed by atoms with Crippen LogP contribution in [0, 0.1) is 18.3 Å². The third kappa shape index (κ3) is 2.52. The van der Waals surface area contributed by atoms with Gasteiger partial charge in [-0.15, -0.1) is 5.10 Å². The molecular formula is C12H8ClN3O. The summed E-state index contributed by atoms with van der Waals surface area (Å²) in [5.41, 5.74) is 1.32. The van der Waals surface area contributed by atoms with E-state index in [4.69, 9.17) is 21.6 Å². The summed E-state index contributed by atoms with van der Waals surface area (Å²) in [5.74, 6) is 0.617. The number of nitriles is 1. The Hall–Kier alpha value is -2.12. The zero-order chi connectivity index (χ0) is 12.3. The molecule has 1 aromatic heterocycles. The average molecular weight is 246 g/mol. The number of nitrogens with zero attached hydrogens (tertiary/aromatic N) is 3. The Morgan fingerprint density at radius 3 is 2.94 bits per heavy atom. The molecule has 2 aromatic rings. The lowest BCUT2D eigenvalue weighted by molar-refractivity contribution is 0.453. The van der Waals surface area contributed by atoms with Gasteiger partial charge >= 0.3 is 0 Å². The molecule has 84 valence electrons. The molecule has 4 nitrogen and oxygen atoms in total. The molecule has 5 heteroatoms. The third-order valence-corrected chi connectivity index (χ3v) is 2.41. The fourth-order valence-corrected chi connectivity index (χ4v) is 1.43. The Morgan fingerprint density at radius 1 is 1.35 bits per heavy atom. The molecule has 1 heterocycles. The van der Waals surface area contributed by atoms with Crippen molar-refractivity contribution < 1.29 is 4.74 Å². The number of hydrogen-bond acceptors (Lipinski definition) is 4. The van der Waals surface area contributed by atoms with E-state index in [-0.39, 0.29) is 5.88 Å². The maximum absolute atomic E-state index is 8.89. The molecule has 17 heavy (non-hydrogen) atoms. The maximum atomic E-state index is 8.89. The fourth-order valence-electron chi connectivity index (χ4n) is 1.27. The molecule has 0 aliphatic carbocycles. The maximum Gasteiger partial charge on any atom is 0.257 e. The van der Waals surface area contributed by atoms with E-state index in [1.54, 1.807) is 12.1 Å². The van der Waals surface area contributed by atoms with Crippen LogP contribution in [0.2, 0.25) is 5.02 Å². The Morgan fingerprint density at radius 2 is 2.18 bits per heavy atom. The normalized spacial score (nSPS) is 9.71. The van der Waals surface area contributed by atoms with Gasteiger partial charge in [0.15, 0.2) is 0 Å². The highest BCUT2D eigenvalue weighted by Crippen LogP contribution is 2.30. The van der Waals surface area contributed by atoms with E-state index >= 15 is 0 Å². The van der Waals surface area contributed by atoms with E-state index in [2.05, 4.69) is 10.2 Å². The van der Waals surface area contributed by atoms with Crippen molar-refractivity contribution >= 4 is 11.6 Å². The van der Waals surface area contributed by atoms with Gasteiger partial charge in [0, 0.05) is 0 Å². The van der Waals surface area contributed by atoms with Crippen LogP contribution < -0.4 is 4.74 Å². The van der Waals surface area contributed by atoms with Crippen LogP contribution in [0.5, 0.6) is 11.6 Å². The van der Waals surface area contributed by atoms with Crippen LogP contribution >= 0.6 is 11.6 Å². The van der Waals surface area contributed by atoms with Gasteiger partial charge in [0.05, 0.1) is 11.2 Å². The standard InChI is InChI=1S/C12H8ClN3O/c1-8-2-3-10(13)11(6-8)17-12-9(7-14)4-5-15-16-12/h2-6H,1H3. The van der Waals surface area contributed by atoms with Crippen molar-refractivity contribution in [1.82, 2.24) is 10.2 Å². The van der Waals surface area contributed by atoms with Gasteiger partial charge in [-0.05, 0) is 30.7 Å². The molecule has 0 amide bonds. The van der Waals surface area contributed by atoms with Gasteiger partial charge in [-0.2, -0.15) is 10.4 Å². The van der Waals surface area contributed by atoms with Crippen molar-refractivity contribution in [2.24, 2.45) is 0 Å². The Kier molecular flexibility index (Phi) is 3.22. The van der Waals surface area contributed by atoms with Crippen molar-refractivity contribution in [3.05, 3.63) is 46.6 Å². The van der Waals surface area contributed by atoms with Gasteiger partial charge < -0.3 is 4.74 Å². The van der Waals surface area contributed by atoms with Crippen LogP contribution in [0.15, 0.2) is 30.5 Å². The number of aromatic nitrogens is 2. The monoisotopic (exact) mass is 245 g/mol. The summed E-state index contributed by atoms with van der Waals surface area (Å²) in [6, 6.07) is 8.89. The first-order valence-corrected chi connectivity index (χ1v) is 5.24. The zero-order valence-electron chi connectivity index (χ0n) is 9.01. The lowest BCUT2D eigenvalue weighted by Gasteiger charge is -2.07. The van der Waals surface area contributed by atoms with E-state index in [1.165, 1.54) is 12.3 Å². The van der Waals surface area contributed by atoms with Gasteiger partial charge in [0.25, 0.3) is 5.88 Å². The molecule has 0 radical (unpaired) electrons. The summed E-state index contributed by atoms with van der Waals surface area (Å²) in [7, 11) is 0. The van der Waals surface area contributed by atoms with Crippen molar-refractivity contribution in [2.45, 2.75) is 6.92 Å². The van der Waals surface area contributed by atoms with Gasteiger partial charge in [-0.3, -0.25) is 0 Å². The highest BCUT2D eigenvalue weighted by atomic mass is 35.5. The van der Waals surface area contributed by atoms with Crippen molar-refractivity contribution in [2.75, 3.05) is 0 Å². The molecule has 0 saturated carbocycles. The average Bonchev–Trinajstić information content (AvgIpc) is 2.34. The predicted octanol–water partition coefficient (Wildman–Crippen LogP) is 3.10. The van der Waals surface area contributed by atoms with Crippen LogP contribution in [-0.2, 0) is 0 Å². The summed E-state index contributed by atoms with van der Waals surface area (Å²) in [5, 5.41) is 16.8. The number of rotatable bonds is 2. The van der Waals surface area contributed by atoms with Gasteiger partial charge in [0.1, 0.15) is 17.4 Å². The van der Waals surface area contributed by atoms with Crippen LogP contribution in [0.4, 0.5) is 0 Å². The second-order valence-electron chi connectivity index (χ2n) is 3.40. The minimum atomic E-state index is 0.155. The smallest absolute Gasteiger partial charge is 0.257 e. The van der Waals surface area contributed by atoms with Crippen molar-refractivity contribution in [1.29, 1.82) is 5.26 Å². The molecule has 0 aliphatic heterocycles. The van der Waals surface area contributed by atoms with Crippen LogP contribution in [0.25, 0.3) is 0 Å². The number of aryl methyl sites for hydroxylation is 1. The molecule has 0 unspecified atom stereocenters. The van der Waals surface area contributed by atoms with E-state index in [0.717, 1.165) is 5.56 Å². The minimum absolute atomic E-state index is 0.155. The predicted molar refractivity (Wildman–Crippen MR) is 63.0 cm³/mol. The molecule has 0 N–H and O–H groups in total. The second-order valence-corrected chi connectivity index (χ2v) is 3.80. The third-order valence-electron chi connectivity index (χ3n) is 2.10. The van der Waals surface area contributed by atoms with Crippen molar-refractivity contribution in [3.63, 3.8) is 0 Å². The van der Waals surface area contributed by atoms with Gasteiger partial charge in [-0.25, -0.2) is 0 Å². The number of ether oxygens (including phenoxy) is 1. The summed E-state index contributed by atoms with van der Waals surface area (Å²) in [4.78, 5) is 0. The summed E-state index contributed by atoms with van der Waals surface area (Å²) in [6.45, 7) is 1.92. The molecule has 1 aromatic carbocycles. The number of hydrogen-bond donors (Lipinski definition) is 0. The Bertz CT molecular complexity index is 593. The lowest BCUT2D eigenvalue weighted by atomic mass is 10.2. The van der Waals surface area contributed by atoms with Crippen LogP contribution in [0.3, 0.4) is 0 Å². The lowest BCUT2D eigenvalue weighted by Crippen LogP contribution is -1.94. The van der Waals surface area contributed by atoms with Crippen molar-refractivity contribution in [3.8, 4) is 17.7 Å². The van der Waals surface area contributed by atoms with E-state index < -0.39 is 0 Å². The molecule has 0 aliphatic rings. The zero-order valence-corrected chi connectivity index (χ0v) is 9.77. The van der Waals surface area contributed by atoms with Gasteiger partial charge in [0.2, 0.25) is 0 Å². The SMILES string of the molecule is Cc1ccc(Cl)c(Oc2nnccc2C#N)c1. The first-order valence-electron chi connectivity index (χ1n) is 4.86. The van der Waals surface area contributed by atoms with E-state index in [1.807, 2.05) is 19.1 Å². The molecule has 0 spiro atoms. The molecule has 0 bridgehead atoms. The number of halogens is 1. The first kappa shape index (κ1) is 11.4. The minimum Gasteiger partial charge on any atom is -0.435 e. The fraction of sp³-hybridized carbons (Fsp3) is 0.0833. The quantitative estimate of drug-likeness (QED) is 0.816.